The Balaban J connectivity index is 2.00. The van der Waals surface area contributed by atoms with Gasteiger partial charge in [0.2, 0.25) is 5.82 Å². The Labute approximate surface area is 108 Å². The van der Waals surface area contributed by atoms with Gasteiger partial charge in [-0.2, -0.15) is 10.2 Å². The number of nitriles is 1. The summed E-state index contributed by atoms with van der Waals surface area (Å²) in [5.41, 5.74) is 2.92. The Kier molecular flexibility index (Phi) is 2.58. The van der Waals surface area contributed by atoms with E-state index in [1.807, 2.05) is 19.1 Å². The Hall–Kier alpha value is -2.94. The molecule has 0 saturated carbocycles. The highest BCUT2D eigenvalue weighted by Gasteiger charge is 2.13. The molecule has 0 fully saturated rings. The van der Waals surface area contributed by atoms with Crippen LogP contribution in [0, 0.1) is 18.3 Å². The van der Waals surface area contributed by atoms with Crippen molar-refractivity contribution in [2.45, 2.75) is 6.92 Å². The minimum absolute atomic E-state index is 0.354. The fourth-order valence-corrected chi connectivity index (χ4v) is 1.75. The van der Waals surface area contributed by atoms with Crippen molar-refractivity contribution < 1.29 is 4.52 Å². The van der Waals surface area contributed by atoms with Gasteiger partial charge in [0.25, 0.3) is 5.89 Å². The molecule has 0 bridgehead atoms. The molecule has 0 unspecified atom stereocenters. The lowest BCUT2D eigenvalue weighted by atomic mass is 10.1. The molecule has 0 aliphatic rings. The van der Waals surface area contributed by atoms with Gasteiger partial charge in [-0.1, -0.05) is 5.16 Å². The molecule has 6 heteroatoms. The average Bonchev–Trinajstić information content (AvgIpc) is 3.08. The van der Waals surface area contributed by atoms with Gasteiger partial charge < -0.3 is 9.51 Å². The van der Waals surface area contributed by atoms with E-state index in [0.717, 1.165) is 11.1 Å². The maximum atomic E-state index is 8.76. The first kappa shape index (κ1) is 11.2. The summed E-state index contributed by atoms with van der Waals surface area (Å²) in [7, 11) is 0. The highest BCUT2D eigenvalue weighted by molar-refractivity contribution is 5.61. The number of nitrogens with zero attached hydrogens (tertiary/aromatic N) is 4. The number of hydrogen-bond donors (Lipinski definition) is 1. The predicted octanol–water partition coefficient (Wildman–Crippen LogP) is 2.31. The smallest absolute Gasteiger partial charge is 0.274 e. The summed E-state index contributed by atoms with van der Waals surface area (Å²) in [5, 5.41) is 12.7. The van der Waals surface area contributed by atoms with Crippen molar-refractivity contribution >= 4 is 0 Å². The summed E-state index contributed by atoms with van der Waals surface area (Å²) in [6.07, 6.45) is 3.43. The van der Waals surface area contributed by atoms with Crippen molar-refractivity contribution in [3.05, 3.63) is 41.9 Å². The number of aryl methyl sites for hydroxylation is 1. The molecule has 3 aromatic heterocycles. The first-order valence-corrected chi connectivity index (χ1v) is 5.62. The fraction of sp³-hybridized carbons (Fsp3) is 0.0769. The number of nitrogens with one attached hydrogen (secondary N) is 1. The van der Waals surface area contributed by atoms with Gasteiger partial charge >= 0.3 is 0 Å². The standard InChI is InChI=1S/C13H9N5O/c1-8-7-15-5-4-10(8)12-17-13(19-18-12)11-3-2-9(6-14)16-11/h2-5,7,16H,1H3. The first-order valence-electron chi connectivity index (χ1n) is 5.62. The molecular weight excluding hydrogens is 242 g/mol. The van der Waals surface area contributed by atoms with Gasteiger partial charge in [0.1, 0.15) is 17.5 Å². The van der Waals surface area contributed by atoms with Crippen LogP contribution >= 0.6 is 0 Å². The molecule has 3 aromatic rings. The van der Waals surface area contributed by atoms with E-state index in [0.29, 0.717) is 23.1 Å². The molecule has 0 aliphatic heterocycles. The third-order valence-corrected chi connectivity index (χ3v) is 2.72. The minimum Gasteiger partial charge on any atom is -0.342 e. The maximum absolute atomic E-state index is 8.76. The van der Waals surface area contributed by atoms with Crippen LogP contribution in [-0.4, -0.2) is 20.1 Å². The van der Waals surface area contributed by atoms with Crippen molar-refractivity contribution in [3.8, 4) is 29.0 Å². The second-order valence-corrected chi connectivity index (χ2v) is 4.01. The lowest BCUT2D eigenvalue weighted by molar-refractivity contribution is 0.431. The topological polar surface area (TPSA) is 91.4 Å². The van der Waals surface area contributed by atoms with E-state index in [1.54, 1.807) is 24.5 Å². The van der Waals surface area contributed by atoms with E-state index in [-0.39, 0.29) is 0 Å². The van der Waals surface area contributed by atoms with E-state index in [1.165, 1.54) is 0 Å². The molecule has 1 N–H and O–H groups in total. The van der Waals surface area contributed by atoms with Gasteiger partial charge in [0.05, 0.1) is 0 Å². The Morgan fingerprint density at radius 3 is 2.95 bits per heavy atom. The van der Waals surface area contributed by atoms with Gasteiger partial charge in [-0.25, -0.2) is 0 Å². The van der Waals surface area contributed by atoms with Crippen LogP contribution in [0.2, 0.25) is 0 Å². The van der Waals surface area contributed by atoms with Gasteiger partial charge in [-0.05, 0) is 30.7 Å². The molecule has 92 valence electrons. The zero-order valence-electron chi connectivity index (χ0n) is 10.1. The molecule has 0 spiro atoms. The van der Waals surface area contributed by atoms with Crippen LogP contribution in [0.4, 0.5) is 0 Å². The number of rotatable bonds is 2. The van der Waals surface area contributed by atoms with Crippen LogP contribution in [0.15, 0.2) is 35.1 Å². The Bertz CT molecular complexity index is 765. The summed E-state index contributed by atoms with van der Waals surface area (Å²) in [6.45, 7) is 1.93. The molecule has 0 saturated heterocycles. The summed E-state index contributed by atoms with van der Waals surface area (Å²) < 4.78 is 5.20. The van der Waals surface area contributed by atoms with Crippen LogP contribution in [0.1, 0.15) is 11.3 Å². The molecule has 0 radical (unpaired) electrons. The summed E-state index contributed by atoms with van der Waals surface area (Å²) in [4.78, 5) is 11.2. The number of hydrogen-bond acceptors (Lipinski definition) is 5. The predicted molar refractivity (Wildman–Crippen MR) is 66.8 cm³/mol. The van der Waals surface area contributed by atoms with Crippen LogP contribution in [0.5, 0.6) is 0 Å². The molecule has 0 aliphatic carbocycles. The quantitative estimate of drug-likeness (QED) is 0.754. The Morgan fingerprint density at radius 2 is 2.21 bits per heavy atom. The van der Waals surface area contributed by atoms with Crippen LogP contribution in [-0.2, 0) is 0 Å². The van der Waals surface area contributed by atoms with Crippen LogP contribution in [0.25, 0.3) is 23.0 Å². The van der Waals surface area contributed by atoms with Gasteiger partial charge in [-0.15, -0.1) is 0 Å². The molecule has 19 heavy (non-hydrogen) atoms. The van der Waals surface area contributed by atoms with Crippen molar-refractivity contribution in [2.75, 3.05) is 0 Å². The number of pyridine rings is 1. The summed E-state index contributed by atoms with van der Waals surface area (Å²) in [5.74, 6) is 0.857. The lowest BCUT2D eigenvalue weighted by Crippen LogP contribution is -1.86. The van der Waals surface area contributed by atoms with E-state index in [4.69, 9.17) is 9.78 Å². The molecular formula is C13H9N5O. The van der Waals surface area contributed by atoms with Crippen LogP contribution in [0.3, 0.4) is 0 Å². The third-order valence-electron chi connectivity index (χ3n) is 2.72. The normalized spacial score (nSPS) is 10.3. The van der Waals surface area contributed by atoms with E-state index >= 15 is 0 Å². The summed E-state index contributed by atoms with van der Waals surface area (Å²) in [6, 6.07) is 7.24. The zero-order valence-corrected chi connectivity index (χ0v) is 10.1. The average molecular weight is 251 g/mol. The number of aromatic amines is 1. The second-order valence-electron chi connectivity index (χ2n) is 4.01. The molecule has 3 rings (SSSR count). The minimum atomic E-state index is 0.354. The molecule has 0 atom stereocenters. The van der Waals surface area contributed by atoms with Gasteiger partial charge in [-0.3, -0.25) is 4.98 Å². The second kappa shape index (κ2) is 4.38. The van der Waals surface area contributed by atoms with Crippen LogP contribution < -0.4 is 0 Å². The largest absolute Gasteiger partial charge is 0.342 e. The first-order chi connectivity index (χ1) is 9.28. The molecule has 0 amide bonds. The zero-order chi connectivity index (χ0) is 13.2. The molecule has 3 heterocycles. The van der Waals surface area contributed by atoms with Crippen molar-refractivity contribution in [1.29, 1.82) is 5.26 Å². The van der Waals surface area contributed by atoms with E-state index in [2.05, 4.69) is 20.1 Å². The SMILES string of the molecule is Cc1cnccc1-c1noc(-c2ccc(C#N)[nH]2)n1. The van der Waals surface area contributed by atoms with Crippen molar-refractivity contribution in [3.63, 3.8) is 0 Å². The van der Waals surface area contributed by atoms with Gasteiger partial charge in [0.15, 0.2) is 0 Å². The van der Waals surface area contributed by atoms with Gasteiger partial charge in [0, 0.05) is 18.0 Å². The van der Waals surface area contributed by atoms with E-state index < -0.39 is 0 Å². The number of aromatic nitrogens is 4. The lowest BCUT2D eigenvalue weighted by Gasteiger charge is -1.97. The highest BCUT2D eigenvalue weighted by atomic mass is 16.5. The molecule has 0 aromatic carbocycles. The highest BCUT2D eigenvalue weighted by Crippen LogP contribution is 2.23. The fourth-order valence-electron chi connectivity index (χ4n) is 1.75. The maximum Gasteiger partial charge on any atom is 0.274 e. The van der Waals surface area contributed by atoms with Crippen molar-refractivity contribution in [1.82, 2.24) is 20.1 Å². The molecule has 6 nitrogen and oxygen atoms in total. The van der Waals surface area contributed by atoms with E-state index in [9.17, 15) is 0 Å². The summed E-state index contributed by atoms with van der Waals surface area (Å²) >= 11 is 0. The number of H-pyrrole nitrogens is 1. The monoisotopic (exact) mass is 251 g/mol. The Morgan fingerprint density at radius 1 is 1.32 bits per heavy atom. The third kappa shape index (κ3) is 1.98. The van der Waals surface area contributed by atoms with Crippen molar-refractivity contribution in [2.24, 2.45) is 0 Å².